The van der Waals surface area contributed by atoms with Gasteiger partial charge in [0.05, 0.1) is 0 Å². The highest BCUT2D eigenvalue weighted by atomic mass is 16.4. The number of piperidine rings is 1. The Hall–Kier alpha value is -1.10. The molecule has 0 aromatic rings. The van der Waals surface area contributed by atoms with Gasteiger partial charge in [-0.05, 0) is 12.8 Å². The van der Waals surface area contributed by atoms with E-state index in [-0.39, 0.29) is 11.9 Å². The zero-order valence-corrected chi connectivity index (χ0v) is 7.54. The van der Waals surface area contributed by atoms with Crippen LogP contribution in [0, 0.1) is 0 Å². The quantitative estimate of drug-likeness (QED) is 0.534. The molecule has 0 radical (unpaired) electrons. The summed E-state index contributed by atoms with van der Waals surface area (Å²) in [6.45, 7) is 2.00. The van der Waals surface area contributed by atoms with Gasteiger partial charge in [-0.3, -0.25) is 9.59 Å². The molecule has 0 saturated carbocycles. The van der Waals surface area contributed by atoms with Crippen LogP contribution in [0.3, 0.4) is 0 Å². The fourth-order valence-corrected chi connectivity index (χ4v) is 1.48. The van der Waals surface area contributed by atoms with Crippen LogP contribution in [0.2, 0.25) is 0 Å². The molecule has 0 aromatic carbocycles. The van der Waals surface area contributed by atoms with Crippen LogP contribution >= 0.6 is 0 Å². The Morgan fingerprint density at radius 1 is 1.46 bits per heavy atom. The number of carboxylic acid groups (broad SMARTS) is 1. The average Bonchev–Trinajstić information content (AvgIpc) is 2.04. The number of aliphatic carboxylic acids is 1. The molecule has 2 atom stereocenters. The Bertz CT molecular complexity index is 209. The van der Waals surface area contributed by atoms with Gasteiger partial charge < -0.3 is 15.7 Å². The van der Waals surface area contributed by atoms with E-state index in [4.69, 9.17) is 5.11 Å². The van der Waals surface area contributed by atoms with E-state index in [0.29, 0.717) is 13.0 Å². The fraction of sp³-hybridized carbons (Fsp3) is 0.750. The Morgan fingerprint density at radius 2 is 2.15 bits per heavy atom. The van der Waals surface area contributed by atoms with Crippen molar-refractivity contribution in [3.8, 4) is 0 Å². The van der Waals surface area contributed by atoms with Crippen molar-refractivity contribution in [3.63, 3.8) is 0 Å². The van der Waals surface area contributed by atoms with Gasteiger partial charge in [0, 0.05) is 19.5 Å². The van der Waals surface area contributed by atoms with Gasteiger partial charge in [0.2, 0.25) is 5.91 Å². The summed E-state index contributed by atoms with van der Waals surface area (Å²) in [5, 5.41) is 14.3. The van der Waals surface area contributed by atoms with E-state index >= 15 is 0 Å². The molecular weight excluding hydrogens is 172 g/mol. The van der Waals surface area contributed by atoms with Crippen molar-refractivity contribution in [1.82, 2.24) is 10.6 Å². The molecule has 1 fully saturated rings. The second-order valence-corrected chi connectivity index (χ2v) is 3.27. The van der Waals surface area contributed by atoms with Crippen molar-refractivity contribution in [2.45, 2.75) is 31.8 Å². The van der Waals surface area contributed by atoms with Crippen LogP contribution in [-0.2, 0) is 9.59 Å². The third-order valence-corrected chi connectivity index (χ3v) is 2.12. The Morgan fingerprint density at radius 3 is 2.54 bits per heavy atom. The summed E-state index contributed by atoms with van der Waals surface area (Å²) >= 11 is 0. The number of carboxylic acids is 1. The summed E-state index contributed by atoms with van der Waals surface area (Å²) in [5.74, 6) is -0.887. The molecule has 1 rings (SSSR count). The summed E-state index contributed by atoms with van der Waals surface area (Å²) < 4.78 is 0. The third-order valence-electron chi connectivity index (χ3n) is 2.12. The first-order valence-corrected chi connectivity index (χ1v) is 4.33. The number of carbonyl (C=O) groups is 2. The van der Waals surface area contributed by atoms with Crippen molar-refractivity contribution in [2.24, 2.45) is 0 Å². The first-order chi connectivity index (χ1) is 6.09. The summed E-state index contributed by atoms with van der Waals surface area (Å²) in [4.78, 5) is 21.2. The third kappa shape index (κ3) is 3.02. The van der Waals surface area contributed by atoms with E-state index in [9.17, 15) is 9.59 Å². The average molecular weight is 186 g/mol. The van der Waals surface area contributed by atoms with Gasteiger partial charge in [0.1, 0.15) is 6.04 Å². The van der Waals surface area contributed by atoms with Crippen molar-refractivity contribution < 1.29 is 14.7 Å². The molecule has 5 nitrogen and oxygen atoms in total. The molecule has 1 aliphatic heterocycles. The number of nitrogens with one attached hydrogen (secondary N) is 2. The van der Waals surface area contributed by atoms with Gasteiger partial charge >= 0.3 is 5.97 Å². The maximum Gasteiger partial charge on any atom is 0.320 e. The van der Waals surface area contributed by atoms with Crippen LogP contribution in [0.25, 0.3) is 0 Å². The molecule has 74 valence electrons. The maximum absolute atomic E-state index is 10.7. The number of rotatable bonds is 2. The largest absolute Gasteiger partial charge is 0.480 e. The molecule has 0 aromatic heterocycles. The van der Waals surface area contributed by atoms with E-state index < -0.39 is 12.0 Å². The van der Waals surface area contributed by atoms with Gasteiger partial charge in [-0.2, -0.15) is 0 Å². The molecule has 1 heterocycles. The number of carbonyl (C=O) groups excluding carboxylic acids is 1. The smallest absolute Gasteiger partial charge is 0.320 e. The fourth-order valence-electron chi connectivity index (χ4n) is 1.48. The number of hydrogen-bond donors (Lipinski definition) is 3. The molecule has 0 spiro atoms. The van der Waals surface area contributed by atoms with Crippen LogP contribution in [0.4, 0.5) is 0 Å². The molecular formula is C8H14N2O3. The first-order valence-electron chi connectivity index (χ1n) is 4.33. The predicted octanol–water partition coefficient (Wildman–Crippen LogP) is -0.672. The zero-order valence-electron chi connectivity index (χ0n) is 7.54. The SMILES string of the molecule is CC(=O)N[C@@H]1CC[C@H](C(=O)O)NC1. The van der Waals surface area contributed by atoms with Gasteiger partial charge in [-0.25, -0.2) is 0 Å². The predicted molar refractivity (Wildman–Crippen MR) is 46.3 cm³/mol. The van der Waals surface area contributed by atoms with Gasteiger partial charge in [0.15, 0.2) is 0 Å². The molecule has 0 aliphatic carbocycles. The molecule has 1 aliphatic rings. The topological polar surface area (TPSA) is 78.4 Å². The molecule has 1 saturated heterocycles. The van der Waals surface area contributed by atoms with Crippen molar-refractivity contribution in [1.29, 1.82) is 0 Å². The number of amides is 1. The van der Waals surface area contributed by atoms with Crippen LogP contribution in [0.1, 0.15) is 19.8 Å². The van der Waals surface area contributed by atoms with Crippen LogP contribution in [-0.4, -0.2) is 35.6 Å². The highest BCUT2D eigenvalue weighted by molar-refractivity contribution is 5.74. The summed E-state index contributed by atoms with van der Waals surface area (Å²) in [6, 6.07) is -0.377. The Kier molecular flexibility index (Phi) is 3.25. The first kappa shape index (κ1) is 9.98. The van der Waals surface area contributed by atoms with Gasteiger partial charge in [0.25, 0.3) is 0 Å². The van der Waals surface area contributed by atoms with E-state index in [2.05, 4.69) is 10.6 Å². The van der Waals surface area contributed by atoms with E-state index in [1.54, 1.807) is 0 Å². The summed E-state index contributed by atoms with van der Waals surface area (Å²) in [7, 11) is 0. The van der Waals surface area contributed by atoms with Crippen LogP contribution in [0.15, 0.2) is 0 Å². The molecule has 3 N–H and O–H groups in total. The molecule has 5 heteroatoms. The van der Waals surface area contributed by atoms with Crippen LogP contribution < -0.4 is 10.6 Å². The van der Waals surface area contributed by atoms with Crippen LogP contribution in [0.5, 0.6) is 0 Å². The lowest BCUT2D eigenvalue weighted by molar-refractivity contribution is -0.140. The van der Waals surface area contributed by atoms with Crippen molar-refractivity contribution >= 4 is 11.9 Å². The lowest BCUT2D eigenvalue weighted by Crippen LogP contribution is -2.51. The molecule has 13 heavy (non-hydrogen) atoms. The second kappa shape index (κ2) is 4.23. The standard InChI is InChI=1S/C8H14N2O3/c1-5(11)10-6-2-3-7(8(12)13)9-4-6/h6-7,9H,2-4H2,1H3,(H,10,11)(H,12,13)/t6-,7-/m1/s1. The molecule has 0 unspecified atom stereocenters. The van der Waals surface area contributed by atoms with Crippen molar-refractivity contribution in [3.05, 3.63) is 0 Å². The lowest BCUT2D eigenvalue weighted by Gasteiger charge is -2.27. The van der Waals surface area contributed by atoms with Gasteiger partial charge in [-0.1, -0.05) is 0 Å². The normalized spacial score (nSPS) is 28.1. The molecule has 1 amide bonds. The minimum atomic E-state index is -0.818. The maximum atomic E-state index is 10.7. The number of hydrogen-bond acceptors (Lipinski definition) is 3. The summed E-state index contributed by atoms with van der Waals surface area (Å²) in [5.41, 5.74) is 0. The monoisotopic (exact) mass is 186 g/mol. The van der Waals surface area contributed by atoms with Crippen molar-refractivity contribution in [2.75, 3.05) is 6.54 Å². The van der Waals surface area contributed by atoms with E-state index in [1.807, 2.05) is 0 Å². The summed E-state index contributed by atoms with van der Waals surface area (Å²) in [6.07, 6.45) is 1.30. The second-order valence-electron chi connectivity index (χ2n) is 3.27. The zero-order chi connectivity index (χ0) is 9.84. The highest BCUT2D eigenvalue weighted by Crippen LogP contribution is 2.07. The highest BCUT2D eigenvalue weighted by Gasteiger charge is 2.25. The Balaban J connectivity index is 2.30. The minimum Gasteiger partial charge on any atom is -0.480 e. The Labute approximate surface area is 76.5 Å². The van der Waals surface area contributed by atoms with E-state index in [0.717, 1.165) is 6.42 Å². The minimum absolute atomic E-state index is 0.0689. The lowest BCUT2D eigenvalue weighted by atomic mass is 10.0. The van der Waals surface area contributed by atoms with Gasteiger partial charge in [-0.15, -0.1) is 0 Å². The van der Waals surface area contributed by atoms with E-state index in [1.165, 1.54) is 6.92 Å². The molecule has 0 bridgehead atoms.